The van der Waals surface area contributed by atoms with Crippen LogP contribution in [0.15, 0.2) is 77.7 Å². The molecule has 0 saturated carbocycles. The third kappa shape index (κ3) is 4.52. The third-order valence-electron chi connectivity index (χ3n) is 4.39. The molecule has 3 aromatic rings. The highest BCUT2D eigenvalue weighted by Crippen LogP contribution is 2.32. The monoisotopic (exact) mass is 430 g/mol. The molecule has 0 aliphatic heterocycles. The predicted octanol–water partition coefficient (Wildman–Crippen LogP) is 4.48. The Hall–Kier alpha value is -3.03. The van der Waals surface area contributed by atoms with Crippen molar-refractivity contribution in [1.82, 2.24) is 0 Å². The zero-order chi connectivity index (χ0) is 21.0. The van der Waals surface area contributed by atoms with Crippen LogP contribution in [0.2, 0.25) is 5.02 Å². The van der Waals surface area contributed by atoms with Crippen LogP contribution in [0.3, 0.4) is 0 Å². The van der Waals surface area contributed by atoms with E-state index in [0.717, 1.165) is 15.9 Å². The zero-order valence-electron chi connectivity index (χ0n) is 15.5. The lowest BCUT2D eigenvalue weighted by Crippen LogP contribution is -2.27. The van der Waals surface area contributed by atoms with Gasteiger partial charge in [0.05, 0.1) is 22.0 Å². The first-order chi connectivity index (χ1) is 13.8. The van der Waals surface area contributed by atoms with Crippen molar-refractivity contribution in [2.75, 3.05) is 16.7 Å². The Morgan fingerprint density at radius 3 is 2.21 bits per heavy atom. The maximum Gasteiger partial charge on any atom is 0.337 e. The molecule has 0 heterocycles. The van der Waals surface area contributed by atoms with Gasteiger partial charge in [0.1, 0.15) is 4.90 Å². The fourth-order valence-electron chi connectivity index (χ4n) is 2.79. The summed E-state index contributed by atoms with van der Waals surface area (Å²) in [6.07, 6.45) is 0. The van der Waals surface area contributed by atoms with Crippen molar-refractivity contribution in [2.45, 2.75) is 11.4 Å². The molecule has 29 heavy (non-hydrogen) atoms. The summed E-state index contributed by atoms with van der Waals surface area (Å²) in [5.41, 5.74) is 1.45. The Labute approximate surface area is 174 Å². The van der Waals surface area contributed by atoms with Gasteiger partial charge in [-0.15, -0.1) is 0 Å². The van der Waals surface area contributed by atoms with E-state index in [2.05, 4.69) is 5.32 Å². The summed E-state index contributed by atoms with van der Waals surface area (Å²) >= 11 is 6.27. The minimum Gasteiger partial charge on any atom is -0.478 e. The van der Waals surface area contributed by atoms with Gasteiger partial charge < -0.3 is 10.4 Å². The number of carboxylic acids is 1. The van der Waals surface area contributed by atoms with Crippen LogP contribution in [-0.4, -0.2) is 26.5 Å². The molecule has 0 aromatic heterocycles. The third-order valence-corrected chi connectivity index (χ3v) is 6.64. The minimum atomic E-state index is -4.05. The lowest BCUT2D eigenvalue weighted by Gasteiger charge is -2.21. The Morgan fingerprint density at radius 1 is 1.03 bits per heavy atom. The normalized spacial score (nSPS) is 11.1. The molecule has 0 saturated heterocycles. The molecule has 0 aliphatic rings. The Bertz CT molecular complexity index is 1120. The first-order valence-electron chi connectivity index (χ1n) is 8.69. The number of hydrogen-bond acceptors (Lipinski definition) is 4. The first-order valence-corrected chi connectivity index (χ1v) is 10.5. The van der Waals surface area contributed by atoms with Crippen molar-refractivity contribution < 1.29 is 18.3 Å². The summed E-state index contributed by atoms with van der Waals surface area (Å²) in [5.74, 6) is -1.25. The van der Waals surface area contributed by atoms with E-state index < -0.39 is 16.0 Å². The molecule has 0 fully saturated rings. The molecule has 0 amide bonds. The van der Waals surface area contributed by atoms with E-state index in [1.54, 1.807) is 30.3 Å². The number of rotatable bonds is 7. The molecule has 0 atom stereocenters. The molecular formula is C21H19ClN2O4S. The first kappa shape index (κ1) is 20.7. The number of nitrogens with zero attached hydrogens (tertiary/aromatic N) is 1. The molecule has 3 aromatic carbocycles. The Morgan fingerprint density at radius 2 is 1.62 bits per heavy atom. The highest BCUT2D eigenvalue weighted by Gasteiger charge is 2.27. The summed E-state index contributed by atoms with van der Waals surface area (Å²) in [6, 6.07) is 20.3. The fraction of sp³-hybridized carbons (Fsp3) is 0.0952. The van der Waals surface area contributed by atoms with E-state index >= 15 is 0 Å². The molecule has 6 nitrogen and oxygen atoms in total. The van der Waals surface area contributed by atoms with E-state index in [4.69, 9.17) is 11.6 Å². The number of aromatic carboxylic acids is 1. The average molecular weight is 431 g/mol. The summed E-state index contributed by atoms with van der Waals surface area (Å²) in [6.45, 7) is 0.369. The van der Waals surface area contributed by atoms with Gasteiger partial charge in [-0.05, 0) is 29.8 Å². The highest BCUT2D eigenvalue weighted by molar-refractivity contribution is 7.93. The highest BCUT2D eigenvalue weighted by atomic mass is 35.5. The molecule has 0 bridgehead atoms. The van der Waals surface area contributed by atoms with Crippen LogP contribution in [-0.2, 0) is 16.6 Å². The quantitative estimate of drug-likeness (QED) is 0.577. The molecule has 0 radical (unpaired) electrons. The topological polar surface area (TPSA) is 86.7 Å². The maximum atomic E-state index is 13.0. The van der Waals surface area contributed by atoms with Crippen LogP contribution < -0.4 is 9.62 Å². The average Bonchev–Trinajstić information content (AvgIpc) is 2.72. The molecule has 0 unspecified atom stereocenters. The lowest BCUT2D eigenvalue weighted by molar-refractivity contribution is 0.0697. The number of carboxylic acid groups (broad SMARTS) is 1. The van der Waals surface area contributed by atoms with Crippen LogP contribution >= 0.6 is 11.6 Å². The van der Waals surface area contributed by atoms with E-state index in [1.807, 2.05) is 30.3 Å². The SMILES string of the molecule is CN(c1ccccc1)S(=O)(=O)c1cc(C(=O)O)c(NCc2ccccc2)cc1Cl. The van der Waals surface area contributed by atoms with Gasteiger partial charge in [-0.3, -0.25) is 4.31 Å². The smallest absolute Gasteiger partial charge is 0.337 e. The van der Waals surface area contributed by atoms with Crippen LogP contribution in [0.4, 0.5) is 11.4 Å². The number of sulfonamides is 1. The van der Waals surface area contributed by atoms with Crippen molar-refractivity contribution >= 4 is 39.0 Å². The van der Waals surface area contributed by atoms with Gasteiger partial charge in [-0.1, -0.05) is 60.1 Å². The maximum absolute atomic E-state index is 13.0. The number of halogens is 1. The van der Waals surface area contributed by atoms with E-state index in [0.29, 0.717) is 12.2 Å². The summed E-state index contributed by atoms with van der Waals surface area (Å²) in [7, 11) is -2.66. The second kappa shape index (κ2) is 8.55. The number of hydrogen-bond donors (Lipinski definition) is 2. The number of para-hydroxylation sites is 1. The number of nitrogens with one attached hydrogen (secondary N) is 1. The van der Waals surface area contributed by atoms with Crippen LogP contribution in [0, 0.1) is 0 Å². The van der Waals surface area contributed by atoms with Crippen molar-refractivity contribution in [1.29, 1.82) is 0 Å². The number of benzene rings is 3. The van der Waals surface area contributed by atoms with E-state index in [9.17, 15) is 18.3 Å². The van der Waals surface area contributed by atoms with Gasteiger partial charge in [-0.2, -0.15) is 0 Å². The van der Waals surface area contributed by atoms with Crippen molar-refractivity contribution in [3.63, 3.8) is 0 Å². The standard InChI is InChI=1S/C21H19ClN2O4S/c1-24(16-10-6-3-7-11-16)29(27,28)20-12-17(21(25)26)19(13-18(20)22)23-14-15-8-4-2-5-9-15/h2-13,23H,14H2,1H3,(H,25,26). The lowest BCUT2D eigenvalue weighted by atomic mass is 10.1. The fourth-order valence-corrected chi connectivity index (χ4v) is 4.51. The van der Waals surface area contributed by atoms with E-state index in [-0.39, 0.29) is 21.2 Å². The molecular weight excluding hydrogens is 412 g/mol. The van der Waals surface area contributed by atoms with Gasteiger partial charge in [0.15, 0.2) is 0 Å². The molecule has 0 spiro atoms. The van der Waals surface area contributed by atoms with Gasteiger partial charge >= 0.3 is 5.97 Å². The van der Waals surface area contributed by atoms with Crippen molar-refractivity contribution in [2.24, 2.45) is 0 Å². The van der Waals surface area contributed by atoms with Gasteiger partial charge in [0, 0.05) is 13.6 Å². The Balaban J connectivity index is 1.98. The van der Waals surface area contributed by atoms with Crippen LogP contribution in [0.5, 0.6) is 0 Å². The summed E-state index contributed by atoms with van der Waals surface area (Å²) in [5, 5.41) is 12.6. The second-order valence-corrected chi connectivity index (χ2v) is 8.63. The minimum absolute atomic E-state index is 0.0617. The number of carbonyl (C=O) groups is 1. The van der Waals surface area contributed by atoms with Gasteiger partial charge in [-0.25, -0.2) is 13.2 Å². The van der Waals surface area contributed by atoms with Crippen LogP contribution in [0.25, 0.3) is 0 Å². The molecule has 8 heteroatoms. The molecule has 150 valence electrons. The van der Waals surface area contributed by atoms with Crippen molar-refractivity contribution in [3.8, 4) is 0 Å². The van der Waals surface area contributed by atoms with Crippen molar-refractivity contribution in [3.05, 3.63) is 88.9 Å². The van der Waals surface area contributed by atoms with Gasteiger partial charge in [0.2, 0.25) is 0 Å². The zero-order valence-corrected chi connectivity index (χ0v) is 17.1. The largest absolute Gasteiger partial charge is 0.478 e. The summed E-state index contributed by atoms with van der Waals surface area (Å²) < 4.78 is 27.2. The number of anilines is 2. The molecule has 3 rings (SSSR count). The van der Waals surface area contributed by atoms with Crippen LogP contribution in [0.1, 0.15) is 15.9 Å². The van der Waals surface area contributed by atoms with Gasteiger partial charge in [0.25, 0.3) is 10.0 Å². The predicted molar refractivity (Wildman–Crippen MR) is 114 cm³/mol. The molecule has 0 aliphatic carbocycles. The Kier molecular flexibility index (Phi) is 6.10. The second-order valence-electron chi connectivity index (χ2n) is 6.28. The van der Waals surface area contributed by atoms with E-state index in [1.165, 1.54) is 13.1 Å². The summed E-state index contributed by atoms with van der Waals surface area (Å²) in [4.78, 5) is 11.5. The molecule has 2 N–H and O–H groups in total.